The van der Waals surface area contributed by atoms with Crippen molar-refractivity contribution in [2.75, 3.05) is 12.0 Å². The molecule has 7 heteroatoms. The van der Waals surface area contributed by atoms with E-state index in [0.717, 1.165) is 12.1 Å². The number of rotatable bonds is 2. The molecule has 0 aromatic heterocycles. The first kappa shape index (κ1) is 12.4. The fourth-order valence-corrected chi connectivity index (χ4v) is 1.63. The van der Waals surface area contributed by atoms with Crippen molar-refractivity contribution in [3.63, 3.8) is 0 Å². The van der Waals surface area contributed by atoms with Gasteiger partial charge in [0, 0.05) is 0 Å². The van der Waals surface area contributed by atoms with Crippen LogP contribution in [0.25, 0.3) is 0 Å². The van der Waals surface area contributed by atoms with E-state index >= 15 is 0 Å². The van der Waals surface area contributed by atoms with Crippen LogP contribution in [-0.4, -0.2) is 6.67 Å². The van der Waals surface area contributed by atoms with Crippen LogP contribution in [0.1, 0.15) is 5.56 Å². The molecule has 0 aliphatic rings. The Morgan fingerprint density at radius 2 is 1.67 bits per heavy atom. The summed E-state index contributed by atoms with van der Waals surface area (Å²) in [6.07, 6.45) is -4.46. The summed E-state index contributed by atoms with van der Waals surface area (Å²) in [7, 11) is 0. The Kier molecular flexibility index (Phi) is 3.70. The lowest BCUT2D eigenvalue weighted by molar-refractivity contribution is -0.137. The fourth-order valence-electron chi connectivity index (χ4n) is 1.01. The first-order chi connectivity index (χ1) is 6.86. The van der Waals surface area contributed by atoms with Gasteiger partial charge in [0.15, 0.2) is 0 Å². The van der Waals surface area contributed by atoms with Crippen LogP contribution in [0, 0.1) is 0 Å². The number of nitrogens with two attached hydrogens (primary N) is 1. The molecule has 0 aliphatic heterocycles. The number of alkyl halides is 3. The van der Waals surface area contributed by atoms with Gasteiger partial charge in [-0.25, -0.2) is 0 Å². The molecular weight excluding hydrogens is 252 g/mol. The summed E-state index contributed by atoms with van der Waals surface area (Å²) < 4.78 is 36.9. The van der Waals surface area contributed by atoms with Crippen molar-refractivity contribution in [1.82, 2.24) is 0 Å². The number of hydrogen-bond acceptors (Lipinski definition) is 2. The van der Waals surface area contributed by atoms with Gasteiger partial charge in [-0.1, -0.05) is 23.2 Å². The molecule has 1 aromatic carbocycles. The summed E-state index contributed by atoms with van der Waals surface area (Å²) in [4.78, 5) is 0. The number of nitrogens with one attached hydrogen (secondary N) is 1. The fraction of sp³-hybridized carbons (Fsp3) is 0.250. The zero-order valence-corrected chi connectivity index (χ0v) is 8.84. The van der Waals surface area contributed by atoms with Crippen LogP contribution in [0.5, 0.6) is 0 Å². The van der Waals surface area contributed by atoms with E-state index in [2.05, 4.69) is 5.32 Å². The molecule has 15 heavy (non-hydrogen) atoms. The molecule has 0 unspecified atom stereocenters. The highest BCUT2D eigenvalue weighted by Crippen LogP contribution is 2.38. The van der Waals surface area contributed by atoms with E-state index in [-0.39, 0.29) is 22.4 Å². The lowest BCUT2D eigenvalue weighted by Crippen LogP contribution is -2.12. The molecule has 0 atom stereocenters. The minimum Gasteiger partial charge on any atom is -0.370 e. The van der Waals surface area contributed by atoms with Crippen molar-refractivity contribution in [2.24, 2.45) is 5.73 Å². The normalized spacial score (nSPS) is 11.6. The molecule has 0 bridgehead atoms. The second kappa shape index (κ2) is 4.47. The first-order valence-corrected chi connectivity index (χ1v) is 4.62. The molecule has 84 valence electrons. The summed E-state index contributed by atoms with van der Waals surface area (Å²) in [5.41, 5.74) is 4.49. The number of hydrogen-bond donors (Lipinski definition) is 2. The molecule has 0 spiro atoms. The largest absolute Gasteiger partial charge is 0.416 e. The van der Waals surface area contributed by atoms with E-state index in [4.69, 9.17) is 28.9 Å². The lowest BCUT2D eigenvalue weighted by Gasteiger charge is -2.12. The second-order valence-electron chi connectivity index (χ2n) is 2.69. The topological polar surface area (TPSA) is 38.0 Å². The van der Waals surface area contributed by atoms with Crippen LogP contribution in [-0.2, 0) is 6.18 Å². The molecule has 0 fully saturated rings. The van der Waals surface area contributed by atoms with Gasteiger partial charge in [-0.05, 0) is 12.1 Å². The van der Waals surface area contributed by atoms with E-state index in [1.165, 1.54) is 0 Å². The smallest absolute Gasteiger partial charge is 0.370 e. The van der Waals surface area contributed by atoms with Crippen LogP contribution >= 0.6 is 23.2 Å². The molecule has 0 saturated carbocycles. The Hall–Kier alpha value is -0.650. The van der Waals surface area contributed by atoms with Gasteiger partial charge in [-0.3, -0.25) is 0 Å². The Bertz CT molecular complexity index is 342. The van der Waals surface area contributed by atoms with E-state index in [9.17, 15) is 13.2 Å². The molecule has 0 amide bonds. The number of halogens is 5. The van der Waals surface area contributed by atoms with E-state index in [1.54, 1.807) is 0 Å². The van der Waals surface area contributed by atoms with Crippen LogP contribution in [0.15, 0.2) is 12.1 Å². The predicted octanol–water partition coefficient (Wildman–Crippen LogP) is 3.34. The standard InChI is InChI=1S/C8H7Cl2F3N2/c9-5-1-4(8(11,12)13)2-6(10)7(5)15-3-14/h1-2,15H,3,14H2. The maximum Gasteiger partial charge on any atom is 0.416 e. The summed E-state index contributed by atoms with van der Waals surface area (Å²) in [5, 5.41) is 2.35. The molecule has 1 rings (SSSR count). The third-order valence-electron chi connectivity index (χ3n) is 1.65. The maximum atomic E-state index is 12.3. The van der Waals surface area contributed by atoms with Crippen molar-refractivity contribution in [1.29, 1.82) is 0 Å². The summed E-state index contributed by atoms with van der Waals surface area (Å²) in [5.74, 6) is 0. The van der Waals surface area contributed by atoms with Crippen LogP contribution < -0.4 is 11.1 Å². The number of benzene rings is 1. The molecule has 0 aliphatic carbocycles. The Morgan fingerprint density at radius 1 is 1.20 bits per heavy atom. The highest BCUT2D eigenvalue weighted by molar-refractivity contribution is 6.39. The summed E-state index contributed by atoms with van der Waals surface area (Å²) in [6.45, 7) is 0.0325. The first-order valence-electron chi connectivity index (χ1n) is 3.86. The van der Waals surface area contributed by atoms with Crippen molar-refractivity contribution >= 4 is 28.9 Å². The SMILES string of the molecule is NCNc1c(Cl)cc(C(F)(F)F)cc1Cl. The Balaban J connectivity index is 3.19. The molecule has 0 heterocycles. The maximum absolute atomic E-state index is 12.3. The van der Waals surface area contributed by atoms with Gasteiger partial charge in [0.1, 0.15) is 0 Å². The number of anilines is 1. The van der Waals surface area contributed by atoms with Crippen molar-refractivity contribution in [3.8, 4) is 0 Å². The minimum atomic E-state index is -4.46. The van der Waals surface area contributed by atoms with E-state index in [1.807, 2.05) is 0 Å². The Morgan fingerprint density at radius 3 is 2.00 bits per heavy atom. The Labute approximate surface area is 94.2 Å². The molecule has 2 nitrogen and oxygen atoms in total. The zero-order chi connectivity index (χ0) is 11.6. The average Bonchev–Trinajstić information content (AvgIpc) is 2.09. The van der Waals surface area contributed by atoms with Gasteiger partial charge in [-0.15, -0.1) is 0 Å². The van der Waals surface area contributed by atoms with E-state index in [0.29, 0.717) is 0 Å². The quantitative estimate of drug-likeness (QED) is 0.799. The van der Waals surface area contributed by atoms with Gasteiger partial charge in [0.05, 0.1) is 28.0 Å². The zero-order valence-electron chi connectivity index (χ0n) is 7.33. The van der Waals surface area contributed by atoms with Gasteiger partial charge in [0.2, 0.25) is 0 Å². The molecular formula is C8H7Cl2F3N2. The van der Waals surface area contributed by atoms with Gasteiger partial charge in [0.25, 0.3) is 0 Å². The third kappa shape index (κ3) is 2.90. The molecule has 3 N–H and O–H groups in total. The van der Waals surface area contributed by atoms with Gasteiger partial charge in [-0.2, -0.15) is 13.2 Å². The van der Waals surface area contributed by atoms with Crippen molar-refractivity contribution in [2.45, 2.75) is 6.18 Å². The average molecular weight is 259 g/mol. The summed E-state index contributed by atoms with van der Waals surface area (Å²) in [6, 6.07) is 1.59. The molecule has 0 radical (unpaired) electrons. The monoisotopic (exact) mass is 258 g/mol. The second-order valence-corrected chi connectivity index (χ2v) is 3.51. The predicted molar refractivity (Wildman–Crippen MR) is 54.1 cm³/mol. The summed E-state index contributed by atoms with van der Waals surface area (Å²) >= 11 is 11.2. The van der Waals surface area contributed by atoms with E-state index < -0.39 is 11.7 Å². The van der Waals surface area contributed by atoms with Crippen molar-refractivity contribution in [3.05, 3.63) is 27.7 Å². The lowest BCUT2D eigenvalue weighted by atomic mass is 10.2. The molecule has 0 saturated heterocycles. The third-order valence-corrected chi connectivity index (χ3v) is 2.24. The van der Waals surface area contributed by atoms with Crippen LogP contribution in [0.4, 0.5) is 18.9 Å². The molecule has 1 aromatic rings. The van der Waals surface area contributed by atoms with Gasteiger partial charge >= 0.3 is 6.18 Å². The highest BCUT2D eigenvalue weighted by atomic mass is 35.5. The van der Waals surface area contributed by atoms with Gasteiger partial charge < -0.3 is 11.1 Å². The highest BCUT2D eigenvalue weighted by Gasteiger charge is 2.31. The van der Waals surface area contributed by atoms with Crippen LogP contribution in [0.2, 0.25) is 10.0 Å². The minimum absolute atomic E-state index is 0.0325. The van der Waals surface area contributed by atoms with Crippen LogP contribution in [0.3, 0.4) is 0 Å². The van der Waals surface area contributed by atoms with Crippen molar-refractivity contribution < 1.29 is 13.2 Å².